The van der Waals surface area contributed by atoms with Crippen molar-refractivity contribution in [3.63, 3.8) is 0 Å². The Bertz CT molecular complexity index is 209. The molecule has 2 rings (SSSR count). The van der Waals surface area contributed by atoms with Crippen LogP contribution in [0.1, 0.15) is 39.0 Å². The summed E-state index contributed by atoms with van der Waals surface area (Å²) in [5, 5.41) is 0. The van der Waals surface area contributed by atoms with Crippen LogP contribution in [0, 0.1) is 11.3 Å². The van der Waals surface area contributed by atoms with Crippen molar-refractivity contribution in [2.75, 3.05) is 0 Å². The fourth-order valence-electron chi connectivity index (χ4n) is 3.15. The van der Waals surface area contributed by atoms with Crippen molar-refractivity contribution in [2.45, 2.75) is 45.1 Å². The van der Waals surface area contributed by atoms with Crippen LogP contribution in [0.3, 0.4) is 0 Å². The highest BCUT2D eigenvalue weighted by Crippen LogP contribution is 2.53. The predicted molar refractivity (Wildman–Crippen MR) is 51.8 cm³/mol. The zero-order valence-corrected chi connectivity index (χ0v) is 7.97. The molecule has 2 fully saturated rings. The van der Waals surface area contributed by atoms with E-state index in [9.17, 15) is 0 Å². The first-order valence-corrected chi connectivity index (χ1v) is 5.08. The minimum absolute atomic E-state index is 0.400. The summed E-state index contributed by atoms with van der Waals surface area (Å²) in [4.78, 5) is 0. The normalized spacial score (nSPS) is 47.7. The van der Waals surface area contributed by atoms with Crippen molar-refractivity contribution in [3.05, 3.63) is 12.2 Å². The molecular weight excluding hydrogens is 146 g/mol. The van der Waals surface area contributed by atoms with Gasteiger partial charge in [-0.1, -0.05) is 25.5 Å². The Balaban J connectivity index is 2.26. The molecule has 0 aromatic rings. The molecule has 3 unspecified atom stereocenters. The van der Waals surface area contributed by atoms with E-state index in [4.69, 9.17) is 5.73 Å². The topological polar surface area (TPSA) is 26.0 Å². The molecule has 2 aliphatic rings. The van der Waals surface area contributed by atoms with Gasteiger partial charge in [0.1, 0.15) is 0 Å². The lowest BCUT2D eigenvalue weighted by molar-refractivity contribution is 0.162. The smallest absolute Gasteiger partial charge is 0.00755 e. The maximum absolute atomic E-state index is 6.13. The molecule has 2 aliphatic carbocycles. The van der Waals surface area contributed by atoms with Gasteiger partial charge in [-0.2, -0.15) is 0 Å². The fraction of sp³-hybridized carbons (Fsp3) is 0.818. The van der Waals surface area contributed by atoms with Crippen molar-refractivity contribution in [1.29, 1.82) is 0 Å². The van der Waals surface area contributed by atoms with Crippen LogP contribution in [0.15, 0.2) is 12.2 Å². The number of fused-ring (bicyclic) bond motifs is 1. The minimum atomic E-state index is 0.400. The Hall–Kier alpha value is -0.300. The standard InChI is InChI=1S/C11H19N/c1-8-5-6-9-10(12)4-3-7-11(8,9)2/h9-10H,1,3-7,12H2,2H3. The van der Waals surface area contributed by atoms with Crippen LogP contribution in [0.4, 0.5) is 0 Å². The minimum Gasteiger partial charge on any atom is -0.327 e. The Kier molecular flexibility index (Phi) is 1.80. The lowest BCUT2D eigenvalue weighted by Gasteiger charge is -2.41. The van der Waals surface area contributed by atoms with Gasteiger partial charge in [0.05, 0.1) is 0 Å². The number of allylic oxidation sites excluding steroid dienone is 1. The van der Waals surface area contributed by atoms with Crippen LogP contribution in [-0.4, -0.2) is 6.04 Å². The first-order valence-electron chi connectivity index (χ1n) is 5.08. The second-order valence-corrected chi connectivity index (χ2v) is 4.72. The molecule has 0 aliphatic heterocycles. The molecule has 0 aromatic heterocycles. The molecule has 0 heterocycles. The van der Waals surface area contributed by atoms with Gasteiger partial charge in [0.2, 0.25) is 0 Å². The number of rotatable bonds is 0. The zero-order chi connectivity index (χ0) is 8.77. The summed E-state index contributed by atoms with van der Waals surface area (Å²) in [6, 6.07) is 0.447. The summed E-state index contributed by atoms with van der Waals surface area (Å²) in [7, 11) is 0. The van der Waals surface area contributed by atoms with Gasteiger partial charge in [-0.05, 0) is 37.0 Å². The summed E-state index contributed by atoms with van der Waals surface area (Å²) in [5.41, 5.74) is 7.99. The van der Waals surface area contributed by atoms with Gasteiger partial charge in [-0.25, -0.2) is 0 Å². The third-order valence-corrected chi connectivity index (χ3v) is 4.13. The van der Waals surface area contributed by atoms with Crippen LogP contribution >= 0.6 is 0 Å². The maximum atomic E-state index is 6.13. The van der Waals surface area contributed by atoms with Gasteiger partial charge in [-0.3, -0.25) is 0 Å². The lowest BCUT2D eigenvalue weighted by Crippen LogP contribution is -2.42. The van der Waals surface area contributed by atoms with Gasteiger partial charge in [-0.15, -0.1) is 0 Å². The largest absolute Gasteiger partial charge is 0.327 e. The molecule has 1 nitrogen and oxygen atoms in total. The monoisotopic (exact) mass is 165 g/mol. The molecular formula is C11H19N. The van der Waals surface area contributed by atoms with E-state index in [2.05, 4.69) is 13.5 Å². The van der Waals surface area contributed by atoms with Crippen LogP contribution < -0.4 is 5.73 Å². The zero-order valence-electron chi connectivity index (χ0n) is 7.97. The van der Waals surface area contributed by atoms with Crippen LogP contribution in [0.25, 0.3) is 0 Å². The van der Waals surface area contributed by atoms with Crippen molar-refractivity contribution < 1.29 is 0 Å². The lowest BCUT2D eigenvalue weighted by atomic mass is 9.66. The molecule has 2 saturated carbocycles. The second-order valence-electron chi connectivity index (χ2n) is 4.72. The van der Waals surface area contributed by atoms with Crippen molar-refractivity contribution in [3.8, 4) is 0 Å². The molecule has 0 aromatic carbocycles. The van der Waals surface area contributed by atoms with Crippen molar-refractivity contribution in [1.82, 2.24) is 0 Å². The van der Waals surface area contributed by atoms with E-state index in [1.54, 1.807) is 0 Å². The van der Waals surface area contributed by atoms with Crippen molar-refractivity contribution >= 4 is 0 Å². The van der Waals surface area contributed by atoms with E-state index in [-0.39, 0.29) is 0 Å². The molecule has 0 saturated heterocycles. The Morgan fingerprint density at radius 1 is 1.50 bits per heavy atom. The summed E-state index contributed by atoms with van der Waals surface area (Å²) in [6.45, 7) is 6.56. The number of hydrogen-bond donors (Lipinski definition) is 1. The highest BCUT2D eigenvalue weighted by atomic mass is 14.7. The molecule has 0 spiro atoms. The summed E-state index contributed by atoms with van der Waals surface area (Å²) in [5.74, 6) is 0.735. The van der Waals surface area contributed by atoms with E-state index in [1.807, 2.05) is 0 Å². The molecule has 0 radical (unpaired) electrons. The third-order valence-electron chi connectivity index (χ3n) is 4.13. The summed E-state index contributed by atoms with van der Waals surface area (Å²) >= 11 is 0. The average molecular weight is 165 g/mol. The first-order chi connectivity index (χ1) is 5.64. The van der Waals surface area contributed by atoms with Gasteiger partial charge < -0.3 is 5.73 Å². The van der Waals surface area contributed by atoms with Crippen LogP contribution in [-0.2, 0) is 0 Å². The van der Waals surface area contributed by atoms with Gasteiger partial charge in [0.25, 0.3) is 0 Å². The maximum Gasteiger partial charge on any atom is 0.00755 e. The van der Waals surface area contributed by atoms with E-state index < -0.39 is 0 Å². The molecule has 0 amide bonds. The van der Waals surface area contributed by atoms with Crippen molar-refractivity contribution in [2.24, 2.45) is 17.1 Å². The van der Waals surface area contributed by atoms with Gasteiger partial charge in [0.15, 0.2) is 0 Å². The molecule has 12 heavy (non-hydrogen) atoms. The molecule has 68 valence electrons. The van der Waals surface area contributed by atoms with E-state index in [0.717, 1.165) is 5.92 Å². The van der Waals surface area contributed by atoms with E-state index in [1.165, 1.54) is 37.7 Å². The Labute approximate surface area is 75.0 Å². The second kappa shape index (κ2) is 2.59. The number of nitrogens with two attached hydrogens (primary N) is 1. The predicted octanol–water partition coefficient (Wildman–Crippen LogP) is 2.47. The van der Waals surface area contributed by atoms with E-state index >= 15 is 0 Å². The molecule has 0 bridgehead atoms. The van der Waals surface area contributed by atoms with Crippen LogP contribution in [0.2, 0.25) is 0 Å². The first kappa shape index (κ1) is 8.31. The molecule has 2 N–H and O–H groups in total. The SMILES string of the molecule is C=C1CCC2C(N)CCCC12C. The fourth-order valence-corrected chi connectivity index (χ4v) is 3.15. The Morgan fingerprint density at radius 2 is 2.25 bits per heavy atom. The highest BCUT2D eigenvalue weighted by Gasteiger charge is 2.46. The third kappa shape index (κ3) is 0.957. The highest BCUT2D eigenvalue weighted by molar-refractivity contribution is 5.19. The van der Waals surface area contributed by atoms with Gasteiger partial charge in [0, 0.05) is 6.04 Å². The van der Waals surface area contributed by atoms with E-state index in [0.29, 0.717) is 11.5 Å². The average Bonchev–Trinajstić information content (AvgIpc) is 2.30. The Morgan fingerprint density at radius 3 is 2.92 bits per heavy atom. The molecule has 3 atom stereocenters. The summed E-state index contributed by atoms with van der Waals surface area (Å²) < 4.78 is 0. The van der Waals surface area contributed by atoms with Gasteiger partial charge >= 0.3 is 0 Å². The number of hydrogen-bond acceptors (Lipinski definition) is 1. The molecule has 1 heteroatoms. The van der Waals surface area contributed by atoms with Crippen LogP contribution in [0.5, 0.6) is 0 Å². The quantitative estimate of drug-likeness (QED) is 0.548. The summed E-state index contributed by atoms with van der Waals surface area (Å²) in [6.07, 6.45) is 6.36.